The van der Waals surface area contributed by atoms with Gasteiger partial charge in [0, 0.05) is 6.54 Å². The Morgan fingerprint density at radius 3 is 3.25 bits per heavy atom. The Morgan fingerprint density at radius 1 is 1.65 bits per heavy atom. The molecule has 20 heavy (non-hydrogen) atoms. The van der Waals surface area contributed by atoms with Crippen LogP contribution in [0.1, 0.15) is 12.5 Å². The highest BCUT2D eigenvalue weighted by molar-refractivity contribution is 7.14. The highest BCUT2D eigenvalue weighted by atomic mass is 35.5. The van der Waals surface area contributed by atoms with Crippen molar-refractivity contribution in [2.75, 3.05) is 24.7 Å². The van der Waals surface area contributed by atoms with Crippen LogP contribution in [0.2, 0.25) is 5.15 Å². The Hall–Kier alpha value is -1.42. The number of hydrogen-bond donors (Lipinski definition) is 0. The molecule has 0 unspecified atom stereocenters. The molecule has 0 aromatic carbocycles. The Balaban J connectivity index is 2.11. The van der Waals surface area contributed by atoms with Crippen LogP contribution in [0.25, 0.3) is 10.2 Å². The Bertz CT molecular complexity index is 681. The van der Waals surface area contributed by atoms with Gasteiger partial charge in [0.25, 0.3) is 0 Å². The van der Waals surface area contributed by atoms with Crippen molar-refractivity contribution in [2.24, 2.45) is 0 Å². The molecule has 0 bridgehead atoms. The average molecular weight is 309 g/mol. The lowest BCUT2D eigenvalue weighted by molar-refractivity contribution is 0.0985. The van der Waals surface area contributed by atoms with Gasteiger partial charge < -0.3 is 9.64 Å². The molecule has 1 fully saturated rings. The Labute approximate surface area is 125 Å². The number of nitrogens with zero attached hydrogens (tertiary/aromatic N) is 4. The van der Waals surface area contributed by atoms with Crippen molar-refractivity contribution in [3.63, 3.8) is 0 Å². The van der Waals surface area contributed by atoms with Gasteiger partial charge in [-0.05, 0) is 30.1 Å². The SMILES string of the molecule is C[C@@H]1COCCN1c1cc(CC#N)c2snc(Cl)c2n1. The Morgan fingerprint density at radius 2 is 2.50 bits per heavy atom. The summed E-state index contributed by atoms with van der Waals surface area (Å²) in [6, 6.07) is 4.42. The van der Waals surface area contributed by atoms with E-state index in [1.54, 1.807) is 0 Å². The zero-order valence-corrected chi connectivity index (χ0v) is 12.5. The summed E-state index contributed by atoms with van der Waals surface area (Å²) in [5.41, 5.74) is 1.63. The number of anilines is 1. The van der Waals surface area contributed by atoms with Gasteiger partial charge in [0.05, 0.1) is 36.4 Å². The van der Waals surface area contributed by atoms with Crippen molar-refractivity contribution in [2.45, 2.75) is 19.4 Å². The fourth-order valence-electron chi connectivity index (χ4n) is 2.37. The maximum atomic E-state index is 8.99. The second-order valence-corrected chi connectivity index (χ2v) is 5.87. The standard InChI is InChI=1S/C13H13ClN4OS/c1-8-7-19-5-4-18(8)10-6-9(2-3-15)12-11(16-10)13(14)17-20-12/h6,8H,2,4-5,7H2,1H3/t8-/m1/s1. The number of hydrogen-bond acceptors (Lipinski definition) is 6. The summed E-state index contributed by atoms with van der Waals surface area (Å²) in [7, 11) is 0. The molecule has 0 aliphatic carbocycles. The lowest BCUT2D eigenvalue weighted by atomic mass is 10.1. The summed E-state index contributed by atoms with van der Waals surface area (Å²) in [4.78, 5) is 6.82. The van der Waals surface area contributed by atoms with Crippen molar-refractivity contribution >= 4 is 39.2 Å². The lowest BCUT2D eigenvalue weighted by Gasteiger charge is -2.34. The molecule has 0 spiro atoms. The van der Waals surface area contributed by atoms with Crippen LogP contribution in [0.5, 0.6) is 0 Å². The molecule has 0 amide bonds. The minimum atomic E-state index is 0.258. The van der Waals surface area contributed by atoms with E-state index >= 15 is 0 Å². The van der Waals surface area contributed by atoms with Crippen LogP contribution in [0.4, 0.5) is 5.82 Å². The number of aromatic nitrogens is 2. The predicted molar refractivity (Wildman–Crippen MR) is 79.4 cm³/mol. The number of ether oxygens (including phenoxy) is 1. The summed E-state index contributed by atoms with van der Waals surface area (Å²) < 4.78 is 10.5. The minimum Gasteiger partial charge on any atom is -0.377 e. The highest BCUT2D eigenvalue weighted by Gasteiger charge is 2.22. The number of pyridine rings is 1. The molecular weight excluding hydrogens is 296 g/mol. The van der Waals surface area contributed by atoms with E-state index in [0.29, 0.717) is 30.3 Å². The van der Waals surface area contributed by atoms with Gasteiger partial charge in [0.1, 0.15) is 11.3 Å². The first kappa shape index (κ1) is 13.6. The van der Waals surface area contributed by atoms with Crippen LogP contribution in [-0.4, -0.2) is 35.2 Å². The van der Waals surface area contributed by atoms with Gasteiger partial charge in [0.15, 0.2) is 5.15 Å². The summed E-state index contributed by atoms with van der Waals surface area (Å²) in [5.74, 6) is 0.848. The minimum absolute atomic E-state index is 0.258. The van der Waals surface area contributed by atoms with Gasteiger partial charge in [-0.3, -0.25) is 0 Å². The van der Waals surface area contributed by atoms with Crippen LogP contribution >= 0.6 is 23.1 Å². The van der Waals surface area contributed by atoms with Gasteiger partial charge in [0.2, 0.25) is 0 Å². The van der Waals surface area contributed by atoms with Crippen LogP contribution in [0.3, 0.4) is 0 Å². The highest BCUT2D eigenvalue weighted by Crippen LogP contribution is 2.32. The quantitative estimate of drug-likeness (QED) is 0.853. The normalized spacial score (nSPS) is 19.2. The first-order valence-electron chi connectivity index (χ1n) is 6.37. The molecule has 0 saturated carbocycles. The molecule has 3 rings (SSSR count). The molecule has 1 saturated heterocycles. The number of fused-ring (bicyclic) bond motifs is 1. The third kappa shape index (κ3) is 2.33. The van der Waals surface area contributed by atoms with Crippen molar-refractivity contribution in [3.8, 4) is 6.07 Å². The topological polar surface area (TPSA) is 62.0 Å². The van der Waals surface area contributed by atoms with E-state index in [1.807, 2.05) is 6.07 Å². The van der Waals surface area contributed by atoms with Gasteiger partial charge in [-0.15, -0.1) is 0 Å². The number of morpholine rings is 1. The fraction of sp³-hybridized carbons (Fsp3) is 0.462. The molecule has 0 N–H and O–H groups in total. The van der Waals surface area contributed by atoms with Gasteiger partial charge in [-0.2, -0.15) is 9.64 Å². The van der Waals surface area contributed by atoms with Crippen molar-refractivity contribution in [1.82, 2.24) is 9.36 Å². The molecule has 3 heterocycles. The first-order chi connectivity index (χ1) is 9.70. The van der Waals surface area contributed by atoms with Gasteiger partial charge in [-0.1, -0.05) is 11.6 Å². The molecule has 1 atom stereocenters. The van der Waals surface area contributed by atoms with E-state index in [1.165, 1.54) is 11.5 Å². The van der Waals surface area contributed by atoms with Crippen LogP contribution in [-0.2, 0) is 11.2 Å². The molecule has 5 nitrogen and oxygen atoms in total. The lowest BCUT2D eigenvalue weighted by Crippen LogP contribution is -2.44. The van der Waals surface area contributed by atoms with Crippen LogP contribution in [0, 0.1) is 11.3 Å². The van der Waals surface area contributed by atoms with Gasteiger partial charge >= 0.3 is 0 Å². The third-order valence-corrected chi connectivity index (χ3v) is 4.66. The molecule has 2 aromatic heterocycles. The number of nitriles is 1. The number of rotatable bonds is 2. The fourth-order valence-corrected chi connectivity index (χ4v) is 3.40. The van der Waals surface area contributed by atoms with E-state index in [4.69, 9.17) is 21.6 Å². The monoisotopic (exact) mass is 308 g/mol. The summed E-state index contributed by atoms with van der Waals surface area (Å²) >= 11 is 7.40. The zero-order chi connectivity index (χ0) is 14.1. The average Bonchev–Trinajstić information content (AvgIpc) is 2.82. The largest absolute Gasteiger partial charge is 0.377 e. The maximum absolute atomic E-state index is 8.99. The molecule has 1 aliphatic rings. The van der Waals surface area contributed by atoms with Crippen LogP contribution < -0.4 is 4.90 Å². The van der Waals surface area contributed by atoms with E-state index in [9.17, 15) is 0 Å². The summed E-state index contributed by atoms with van der Waals surface area (Å²) in [5, 5.41) is 9.40. The predicted octanol–water partition coefficient (Wildman–Crippen LogP) is 2.64. The third-order valence-electron chi connectivity index (χ3n) is 3.38. The molecular formula is C13H13ClN4OS. The van der Waals surface area contributed by atoms with Crippen LogP contribution in [0.15, 0.2) is 6.07 Å². The molecule has 2 aromatic rings. The van der Waals surface area contributed by atoms with Crippen molar-refractivity contribution in [3.05, 3.63) is 16.8 Å². The molecule has 104 valence electrons. The van der Waals surface area contributed by atoms with Crippen molar-refractivity contribution in [1.29, 1.82) is 5.26 Å². The summed E-state index contributed by atoms with van der Waals surface area (Å²) in [6.45, 7) is 4.26. The van der Waals surface area contributed by atoms with E-state index < -0.39 is 0 Å². The second kappa shape index (κ2) is 5.52. The molecule has 0 radical (unpaired) electrons. The summed E-state index contributed by atoms with van der Waals surface area (Å²) in [6.07, 6.45) is 0.337. The maximum Gasteiger partial charge on any atom is 0.169 e. The Kier molecular flexibility index (Phi) is 3.74. The smallest absolute Gasteiger partial charge is 0.169 e. The van der Waals surface area contributed by atoms with Gasteiger partial charge in [-0.25, -0.2) is 4.98 Å². The van der Waals surface area contributed by atoms with E-state index in [-0.39, 0.29) is 6.04 Å². The number of halogens is 1. The first-order valence-corrected chi connectivity index (χ1v) is 7.52. The zero-order valence-electron chi connectivity index (χ0n) is 11.0. The molecule has 7 heteroatoms. The second-order valence-electron chi connectivity index (χ2n) is 4.74. The van der Waals surface area contributed by atoms with E-state index in [2.05, 4.69) is 27.3 Å². The van der Waals surface area contributed by atoms with E-state index in [0.717, 1.165) is 22.6 Å². The molecule has 1 aliphatic heterocycles. The van der Waals surface area contributed by atoms with Crippen molar-refractivity contribution < 1.29 is 4.74 Å².